The fourth-order valence-corrected chi connectivity index (χ4v) is 5.56. The summed E-state index contributed by atoms with van der Waals surface area (Å²) in [5, 5.41) is 6.07. The van der Waals surface area contributed by atoms with E-state index in [4.69, 9.17) is 22.1 Å². The van der Waals surface area contributed by atoms with Crippen molar-refractivity contribution in [3.05, 3.63) is 82.8 Å². The van der Waals surface area contributed by atoms with Gasteiger partial charge >= 0.3 is 6.03 Å². The maximum absolute atomic E-state index is 15.1. The van der Waals surface area contributed by atoms with E-state index >= 15 is 4.39 Å². The topological polar surface area (TPSA) is 109 Å². The number of aliphatic imine (C=N–C) groups is 1. The maximum atomic E-state index is 15.1. The number of carbonyl (C=O) groups excluding carboxylic acids is 2. The van der Waals surface area contributed by atoms with E-state index in [1.807, 2.05) is 12.2 Å². The van der Waals surface area contributed by atoms with Crippen molar-refractivity contribution in [3.8, 4) is 0 Å². The van der Waals surface area contributed by atoms with Crippen LogP contribution in [0.4, 0.5) is 20.6 Å². The number of ether oxygens (including phenoxy) is 1. The average Bonchev–Trinajstić information content (AvgIpc) is 3.76. The van der Waals surface area contributed by atoms with Crippen LogP contribution in [0.25, 0.3) is 0 Å². The Bertz CT molecular complexity index is 1370. The Hall–Kier alpha value is -3.53. The van der Waals surface area contributed by atoms with Gasteiger partial charge in [-0.1, -0.05) is 36.6 Å². The normalized spacial score (nSPS) is 21.7. The average molecular weight is 580 g/mol. The van der Waals surface area contributed by atoms with Gasteiger partial charge in [0.05, 0.1) is 17.3 Å². The van der Waals surface area contributed by atoms with Gasteiger partial charge < -0.3 is 26.0 Å². The van der Waals surface area contributed by atoms with E-state index in [-0.39, 0.29) is 24.8 Å². The molecule has 2 fully saturated rings. The minimum absolute atomic E-state index is 0.0195. The number of carbonyl (C=O) groups is 2. The highest BCUT2D eigenvalue weighted by molar-refractivity contribution is 6.30. The zero-order chi connectivity index (χ0) is 29.0. The van der Waals surface area contributed by atoms with E-state index in [9.17, 15) is 9.59 Å². The third kappa shape index (κ3) is 6.86. The second-order valence-electron chi connectivity index (χ2n) is 10.9. The number of likely N-dealkylation sites (tertiary alicyclic amines) is 1. The molecule has 3 atom stereocenters. The summed E-state index contributed by atoms with van der Waals surface area (Å²) in [6.45, 7) is 0.215. The number of hydrogen-bond donors (Lipinski definition) is 3. The van der Waals surface area contributed by atoms with Crippen molar-refractivity contribution in [2.24, 2.45) is 16.6 Å². The molecule has 2 aromatic carbocycles. The first kappa shape index (κ1) is 29.0. The van der Waals surface area contributed by atoms with Gasteiger partial charge in [-0.3, -0.25) is 9.79 Å². The van der Waals surface area contributed by atoms with Gasteiger partial charge in [-0.25, -0.2) is 9.18 Å². The van der Waals surface area contributed by atoms with Crippen LogP contribution >= 0.6 is 11.6 Å². The van der Waals surface area contributed by atoms with Gasteiger partial charge in [-0.15, -0.1) is 0 Å². The number of urea groups is 1. The molecule has 2 aromatic rings. The number of methoxy groups -OCH3 is 1. The molecule has 0 spiro atoms. The maximum Gasteiger partial charge on any atom is 0.322 e. The van der Waals surface area contributed by atoms with E-state index in [1.54, 1.807) is 48.8 Å². The number of anilines is 2. The molecule has 1 saturated carbocycles. The Balaban J connectivity index is 1.37. The molecular formula is C31H35ClFN5O3. The highest BCUT2D eigenvalue weighted by atomic mass is 35.5. The fraction of sp³-hybridized carbons (Fsp3) is 0.387. The smallest absolute Gasteiger partial charge is 0.322 e. The van der Waals surface area contributed by atoms with E-state index in [1.165, 1.54) is 30.9 Å². The van der Waals surface area contributed by atoms with Crippen molar-refractivity contribution in [1.82, 2.24) is 4.90 Å². The SMILES string of the molecule is CO[C@@H]1C[C@H](C(=O)Nc2cc(C(N)(CCC3CC3)C3=CC=NC=CC3)ccc2F)N(C(=O)Nc2ccc(Cl)cc2)C1. The van der Waals surface area contributed by atoms with Gasteiger partial charge in [0, 0.05) is 43.2 Å². The molecule has 2 heterocycles. The van der Waals surface area contributed by atoms with Crippen LogP contribution in [0.15, 0.2) is 71.4 Å². The molecule has 5 rings (SSSR count). The van der Waals surface area contributed by atoms with Crippen molar-refractivity contribution in [2.45, 2.75) is 56.2 Å². The number of amides is 3. The lowest BCUT2D eigenvalue weighted by molar-refractivity contribution is -0.119. The van der Waals surface area contributed by atoms with Crippen LogP contribution in [0.5, 0.6) is 0 Å². The number of hydrogen-bond acceptors (Lipinski definition) is 5. The fourth-order valence-electron chi connectivity index (χ4n) is 5.44. The first-order valence-corrected chi connectivity index (χ1v) is 14.3. The molecule has 4 N–H and O–H groups in total. The molecule has 1 unspecified atom stereocenters. The lowest BCUT2D eigenvalue weighted by Crippen LogP contribution is -2.45. The molecular weight excluding hydrogens is 545 g/mol. The van der Waals surface area contributed by atoms with Crippen LogP contribution in [0.1, 0.15) is 44.1 Å². The molecule has 0 radical (unpaired) electrons. The van der Waals surface area contributed by atoms with Gasteiger partial charge in [-0.05, 0) is 78.8 Å². The molecule has 10 heteroatoms. The van der Waals surface area contributed by atoms with Crippen LogP contribution in [0.2, 0.25) is 5.02 Å². The van der Waals surface area contributed by atoms with Crippen LogP contribution in [0.3, 0.4) is 0 Å². The van der Waals surface area contributed by atoms with Crippen LogP contribution in [0, 0.1) is 11.7 Å². The molecule has 8 nitrogen and oxygen atoms in total. The van der Waals surface area contributed by atoms with Crippen LogP contribution < -0.4 is 16.4 Å². The Morgan fingerprint density at radius 2 is 1.98 bits per heavy atom. The molecule has 3 amide bonds. The largest absolute Gasteiger partial charge is 0.380 e. The third-order valence-corrected chi connectivity index (χ3v) is 8.35. The first-order chi connectivity index (χ1) is 19.8. The number of benzene rings is 2. The molecule has 216 valence electrons. The van der Waals surface area contributed by atoms with E-state index in [0.29, 0.717) is 35.0 Å². The van der Waals surface area contributed by atoms with Crippen molar-refractivity contribution in [1.29, 1.82) is 0 Å². The summed E-state index contributed by atoms with van der Waals surface area (Å²) in [6, 6.07) is 9.99. The van der Waals surface area contributed by atoms with Crippen molar-refractivity contribution < 1.29 is 18.7 Å². The number of allylic oxidation sites excluding steroid dienone is 2. The molecule has 1 aliphatic carbocycles. The lowest BCUT2D eigenvalue weighted by atomic mass is 9.77. The summed E-state index contributed by atoms with van der Waals surface area (Å²) in [6.07, 6.45) is 12.0. The predicted molar refractivity (Wildman–Crippen MR) is 160 cm³/mol. The summed E-state index contributed by atoms with van der Waals surface area (Å²) >= 11 is 5.95. The highest BCUT2D eigenvalue weighted by Crippen LogP contribution is 2.41. The summed E-state index contributed by atoms with van der Waals surface area (Å²) in [4.78, 5) is 32.3. The van der Waals surface area contributed by atoms with Crippen LogP contribution in [-0.2, 0) is 15.1 Å². The van der Waals surface area contributed by atoms with Gasteiger partial charge in [0.2, 0.25) is 5.91 Å². The standard InChI is InChI=1S/C31H35ClFN5O3/c1-41-25-18-28(38(19-25)30(40)36-24-9-7-23(32)8-10-24)29(39)37-27-17-22(6-11-26(27)33)31(34,14-12-20-4-5-20)21-3-2-15-35-16-13-21/h2,6-11,13,15-17,20,25,28H,3-5,12,14,18-19,34H2,1H3,(H,36,40)(H,37,39)/t25-,28-,31?/m1/s1. The Morgan fingerprint density at radius 3 is 2.71 bits per heavy atom. The molecule has 41 heavy (non-hydrogen) atoms. The number of halogens is 2. The molecule has 0 bridgehead atoms. The van der Waals surface area contributed by atoms with Crippen molar-refractivity contribution in [2.75, 3.05) is 24.3 Å². The van der Waals surface area contributed by atoms with Gasteiger partial charge in [0.25, 0.3) is 0 Å². The van der Waals surface area contributed by atoms with Gasteiger partial charge in [-0.2, -0.15) is 0 Å². The van der Waals surface area contributed by atoms with E-state index < -0.39 is 29.3 Å². The summed E-state index contributed by atoms with van der Waals surface area (Å²) in [5.41, 5.74) is 8.50. The minimum atomic E-state index is -0.862. The predicted octanol–water partition coefficient (Wildman–Crippen LogP) is 6.00. The molecule has 2 aliphatic heterocycles. The molecule has 1 saturated heterocycles. The number of nitrogens with two attached hydrogens (primary N) is 1. The van der Waals surface area contributed by atoms with Crippen molar-refractivity contribution >= 4 is 41.1 Å². The number of nitrogens with one attached hydrogen (secondary N) is 2. The monoisotopic (exact) mass is 579 g/mol. The van der Waals surface area contributed by atoms with E-state index in [0.717, 1.165) is 12.0 Å². The number of rotatable bonds is 9. The summed E-state index contributed by atoms with van der Waals surface area (Å²) < 4.78 is 20.6. The Labute approximate surface area is 244 Å². The first-order valence-electron chi connectivity index (χ1n) is 13.9. The van der Waals surface area contributed by atoms with Crippen LogP contribution in [-0.4, -0.2) is 48.9 Å². The Kier molecular flexibility index (Phi) is 8.87. The Morgan fingerprint density at radius 1 is 1.20 bits per heavy atom. The second-order valence-corrected chi connectivity index (χ2v) is 11.4. The quantitative estimate of drug-likeness (QED) is 0.338. The second kappa shape index (κ2) is 12.5. The minimum Gasteiger partial charge on any atom is -0.380 e. The highest BCUT2D eigenvalue weighted by Gasteiger charge is 2.40. The van der Waals surface area contributed by atoms with E-state index in [2.05, 4.69) is 15.6 Å². The van der Waals surface area contributed by atoms with Gasteiger partial charge in [0.1, 0.15) is 11.9 Å². The zero-order valence-corrected chi connectivity index (χ0v) is 23.7. The summed E-state index contributed by atoms with van der Waals surface area (Å²) in [5.74, 6) is -0.424. The lowest BCUT2D eigenvalue weighted by Gasteiger charge is -2.33. The third-order valence-electron chi connectivity index (χ3n) is 8.10. The summed E-state index contributed by atoms with van der Waals surface area (Å²) in [7, 11) is 1.54. The molecule has 3 aliphatic rings. The number of nitrogens with zero attached hydrogens (tertiary/aromatic N) is 2. The zero-order valence-electron chi connectivity index (χ0n) is 23.0. The molecule has 0 aromatic heterocycles. The van der Waals surface area contributed by atoms with Crippen molar-refractivity contribution in [3.63, 3.8) is 0 Å². The van der Waals surface area contributed by atoms with Gasteiger partial charge in [0.15, 0.2) is 0 Å².